The van der Waals surface area contributed by atoms with Crippen molar-refractivity contribution >= 4 is 33.6 Å². The maximum atomic E-state index is 13.3. The summed E-state index contributed by atoms with van der Waals surface area (Å²) in [4.78, 5) is 25.0. The third-order valence-corrected chi connectivity index (χ3v) is 4.89. The fourth-order valence-electron chi connectivity index (χ4n) is 3.52. The van der Waals surface area contributed by atoms with E-state index in [1.165, 1.54) is 0 Å². The van der Waals surface area contributed by atoms with Crippen LogP contribution in [0.2, 0.25) is 0 Å². The maximum absolute atomic E-state index is 13.3. The lowest BCUT2D eigenvalue weighted by Crippen LogP contribution is -2.12. The van der Waals surface area contributed by atoms with Crippen LogP contribution in [-0.4, -0.2) is 32.7 Å². The Labute approximate surface area is 162 Å². The number of esters is 1. The van der Waals surface area contributed by atoms with Crippen LogP contribution < -0.4 is 0 Å². The molecule has 2 heterocycles. The summed E-state index contributed by atoms with van der Waals surface area (Å²) in [5, 5.41) is 6.35. The van der Waals surface area contributed by atoms with E-state index in [-0.39, 0.29) is 18.2 Å². The highest BCUT2D eigenvalue weighted by Crippen LogP contribution is 2.25. The Morgan fingerprint density at radius 1 is 1.04 bits per heavy atom. The fraction of sp³-hybridized carbons (Fsp3) is 0.227. The van der Waals surface area contributed by atoms with Gasteiger partial charge in [-0.15, -0.1) is 0 Å². The van der Waals surface area contributed by atoms with Gasteiger partial charge in [-0.25, -0.2) is 0 Å². The quantitative estimate of drug-likeness (QED) is 0.381. The molecule has 0 saturated heterocycles. The second kappa shape index (κ2) is 7.31. The lowest BCUT2D eigenvalue weighted by molar-refractivity contribution is -0.143. The van der Waals surface area contributed by atoms with Crippen molar-refractivity contribution in [1.82, 2.24) is 14.3 Å². The molecule has 4 rings (SSSR count). The molecule has 6 nitrogen and oxygen atoms in total. The first-order valence-corrected chi connectivity index (χ1v) is 9.30. The molecule has 4 aromatic rings. The van der Waals surface area contributed by atoms with Crippen molar-refractivity contribution < 1.29 is 14.3 Å². The van der Waals surface area contributed by atoms with Crippen LogP contribution in [0.25, 0.3) is 21.8 Å². The molecular formula is C22H21N3O3. The summed E-state index contributed by atoms with van der Waals surface area (Å²) < 4.78 is 8.60. The van der Waals surface area contributed by atoms with E-state index in [4.69, 9.17) is 4.74 Å². The molecule has 0 atom stereocenters. The second-order valence-corrected chi connectivity index (χ2v) is 6.62. The third-order valence-electron chi connectivity index (χ3n) is 4.89. The first-order valence-electron chi connectivity index (χ1n) is 9.30. The molecule has 0 aliphatic carbocycles. The Hall–Kier alpha value is -3.41. The molecule has 0 aliphatic rings. The predicted molar refractivity (Wildman–Crippen MR) is 107 cm³/mol. The first-order chi connectivity index (χ1) is 13.6. The number of fused-ring (bicyclic) bond motifs is 2. The van der Waals surface area contributed by atoms with E-state index in [0.29, 0.717) is 24.5 Å². The van der Waals surface area contributed by atoms with E-state index in [9.17, 15) is 9.59 Å². The van der Waals surface area contributed by atoms with E-state index in [2.05, 4.69) is 5.10 Å². The Bertz CT molecular complexity index is 1190. The Balaban J connectivity index is 1.74. The zero-order valence-corrected chi connectivity index (χ0v) is 15.9. The monoisotopic (exact) mass is 375 g/mol. The van der Waals surface area contributed by atoms with Crippen molar-refractivity contribution in [2.75, 3.05) is 6.61 Å². The van der Waals surface area contributed by atoms with Gasteiger partial charge in [-0.2, -0.15) is 5.10 Å². The van der Waals surface area contributed by atoms with Gasteiger partial charge in [0.05, 0.1) is 30.8 Å². The number of carbonyl (C=O) groups is 2. The van der Waals surface area contributed by atoms with Crippen molar-refractivity contribution in [2.24, 2.45) is 7.05 Å². The maximum Gasteiger partial charge on any atom is 0.307 e. The minimum Gasteiger partial charge on any atom is -0.466 e. The summed E-state index contributed by atoms with van der Waals surface area (Å²) in [6, 6.07) is 17.4. The molecule has 28 heavy (non-hydrogen) atoms. The largest absolute Gasteiger partial charge is 0.466 e. The Morgan fingerprint density at radius 2 is 1.75 bits per heavy atom. The molecule has 0 spiro atoms. The minimum absolute atomic E-state index is 0.134. The van der Waals surface area contributed by atoms with Crippen LogP contribution in [0.15, 0.2) is 54.6 Å². The average molecular weight is 375 g/mol. The number of hydrogen-bond acceptors (Lipinski definition) is 4. The molecule has 0 aliphatic heterocycles. The SMILES string of the molecule is CCOC(=O)CCn1nc(C(=O)c2cc3ccccc3n2C)c2ccccc21. The summed E-state index contributed by atoms with van der Waals surface area (Å²) in [6.45, 7) is 2.49. The van der Waals surface area contributed by atoms with Crippen molar-refractivity contribution in [3.8, 4) is 0 Å². The van der Waals surface area contributed by atoms with Gasteiger partial charge in [0.25, 0.3) is 0 Å². The number of ketones is 1. The van der Waals surface area contributed by atoms with Crippen LogP contribution in [0.3, 0.4) is 0 Å². The highest BCUT2D eigenvalue weighted by molar-refractivity contribution is 6.15. The molecule has 0 unspecified atom stereocenters. The lowest BCUT2D eigenvalue weighted by Gasteiger charge is -2.03. The summed E-state index contributed by atoms with van der Waals surface area (Å²) in [7, 11) is 1.88. The minimum atomic E-state index is -0.274. The van der Waals surface area contributed by atoms with E-state index >= 15 is 0 Å². The summed E-state index contributed by atoms with van der Waals surface area (Å²) >= 11 is 0. The molecule has 0 fully saturated rings. The van der Waals surface area contributed by atoms with E-state index in [1.807, 2.05) is 66.2 Å². The third kappa shape index (κ3) is 3.07. The van der Waals surface area contributed by atoms with Gasteiger partial charge in [0.2, 0.25) is 5.78 Å². The molecule has 2 aromatic carbocycles. The van der Waals surface area contributed by atoms with Gasteiger partial charge in [0.1, 0.15) is 5.69 Å². The Kier molecular flexibility index (Phi) is 4.69. The number of aromatic nitrogens is 3. The molecule has 142 valence electrons. The molecule has 0 radical (unpaired) electrons. The topological polar surface area (TPSA) is 66.1 Å². The lowest BCUT2D eigenvalue weighted by atomic mass is 10.1. The predicted octanol–water partition coefficient (Wildman–Crippen LogP) is 3.71. The smallest absolute Gasteiger partial charge is 0.307 e. The molecule has 0 N–H and O–H groups in total. The number of ether oxygens (including phenoxy) is 1. The molecule has 0 bridgehead atoms. The standard InChI is InChI=1S/C22H21N3O3/c1-3-28-20(26)12-13-25-18-11-7-5-9-16(18)21(23-25)22(27)19-14-15-8-4-6-10-17(15)24(19)2/h4-11,14H,3,12-13H2,1-2H3. The number of aryl methyl sites for hydroxylation is 2. The van der Waals surface area contributed by atoms with Gasteiger partial charge >= 0.3 is 5.97 Å². The summed E-state index contributed by atoms with van der Waals surface area (Å²) in [5.74, 6) is -0.409. The average Bonchev–Trinajstić information content (AvgIpc) is 3.25. The van der Waals surface area contributed by atoms with Crippen LogP contribution in [0, 0.1) is 0 Å². The number of hydrogen-bond donors (Lipinski definition) is 0. The van der Waals surface area contributed by atoms with Crippen molar-refractivity contribution in [3.05, 3.63) is 66.0 Å². The zero-order chi connectivity index (χ0) is 19.7. The fourth-order valence-corrected chi connectivity index (χ4v) is 3.52. The summed E-state index contributed by atoms with van der Waals surface area (Å²) in [6.07, 6.45) is 0.210. The van der Waals surface area contributed by atoms with Crippen LogP contribution in [0.4, 0.5) is 0 Å². The molecule has 6 heteroatoms. The van der Waals surface area contributed by atoms with Gasteiger partial charge in [-0.3, -0.25) is 14.3 Å². The van der Waals surface area contributed by atoms with Crippen molar-refractivity contribution in [2.45, 2.75) is 19.9 Å². The van der Waals surface area contributed by atoms with Crippen molar-refractivity contribution in [1.29, 1.82) is 0 Å². The number of rotatable bonds is 6. The first kappa shape index (κ1) is 18.0. The highest BCUT2D eigenvalue weighted by Gasteiger charge is 2.22. The zero-order valence-electron chi connectivity index (χ0n) is 15.9. The number of carbonyl (C=O) groups excluding carboxylic acids is 2. The van der Waals surface area contributed by atoms with Crippen LogP contribution >= 0.6 is 0 Å². The van der Waals surface area contributed by atoms with Gasteiger partial charge in [-0.1, -0.05) is 36.4 Å². The Morgan fingerprint density at radius 3 is 2.50 bits per heavy atom. The van der Waals surface area contributed by atoms with E-state index in [1.54, 1.807) is 11.6 Å². The molecule has 0 saturated carbocycles. The number of benzene rings is 2. The van der Waals surface area contributed by atoms with E-state index < -0.39 is 0 Å². The van der Waals surface area contributed by atoms with Crippen LogP contribution in [0.5, 0.6) is 0 Å². The van der Waals surface area contributed by atoms with Crippen molar-refractivity contribution in [3.63, 3.8) is 0 Å². The van der Waals surface area contributed by atoms with Gasteiger partial charge in [-0.05, 0) is 25.1 Å². The van der Waals surface area contributed by atoms with Gasteiger partial charge in [0, 0.05) is 23.3 Å². The number of nitrogens with zero attached hydrogens (tertiary/aromatic N) is 3. The molecular weight excluding hydrogens is 354 g/mol. The molecule has 2 aromatic heterocycles. The molecule has 0 amide bonds. The number of para-hydroxylation sites is 2. The second-order valence-electron chi connectivity index (χ2n) is 6.62. The summed E-state index contributed by atoms with van der Waals surface area (Å²) in [5.41, 5.74) is 2.80. The van der Waals surface area contributed by atoms with Crippen LogP contribution in [0.1, 0.15) is 29.5 Å². The van der Waals surface area contributed by atoms with E-state index in [0.717, 1.165) is 21.8 Å². The van der Waals surface area contributed by atoms with Gasteiger partial charge in [0.15, 0.2) is 0 Å². The highest BCUT2D eigenvalue weighted by atomic mass is 16.5. The normalized spacial score (nSPS) is 11.2. The van der Waals surface area contributed by atoms with Crippen LogP contribution in [-0.2, 0) is 23.1 Å². The van der Waals surface area contributed by atoms with Gasteiger partial charge < -0.3 is 9.30 Å².